The molecule has 2 rings (SSSR count). The number of furan rings is 1. The van der Waals surface area contributed by atoms with Crippen molar-refractivity contribution in [3.63, 3.8) is 0 Å². The first kappa shape index (κ1) is 13.1. The summed E-state index contributed by atoms with van der Waals surface area (Å²) in [5.41, 5.74) is 0.748. The molecule has 0 unspecified atom stereocenters. The minimum Gasteiger partial charge on any atom is -0.421 e. The third kappa shape index (κ3) is 2.92. The van der Waals surface area contributed by atoms with Crippen LogP contribution in [0.25, 0.3) is 0 Å². The van der Waals surface area contributed by atoms with Crippen molar-refractivity contribution in [2.45, 2.75) is 6.92 Å². The summed E-state index contributed by atoms with van der Waals surface area (Å²) in [5.74, 6) is -1.28. The van der Waals surface area contributed by atoms with Gasteiger partial charge in [-0.05, 0) is 36.8 Å². The second-order valence-electron chi connectivity index (χ2n) is 3.70. The highest BCUT2D eigenvalue weighted by Crippen LogP contribution is 2.23. The molecule has 98 valence electrons. The molecule has 1 heterocycles. The molecule has 1 aromatic heterocycles. The molecule has 0 bridgehead atoms. The molecule has 0 aliphatic carbocycles. The van der Waals surface area contributed by atoms with Crippen LogP contribution in [0.4, 0.5) is 5.88 Å². The molecule has 0 N–H and O–H groups in total. The molecule has 0 aliphatic rings. The zero-order valence-electron chi connectivity index (χ0n) is 9.75. The maximum Gasteiger partial charge on any atom is 0.433 e. The summed E-state index contributed by atoms with van der Waals surface area (Å²) in [6.07, 6.45) is 0. The molecule has 0 radical (unpaired) electrons. The fourth-order valence-corrected chi connectivity index (χ4v) is 1.49. The molecule has 0 fully saturated rings. The lowest BCUT2D eigenvalue weighted by atomic mass is 10.2. The average Bonchev–Trinajstić information content (AvgIpc) is 2.83. The zero-order valence-corrected chi connectivity index (χ0v) is 10.5. The SMILES string of the molecule is Cc1cc(OC(=O)c2ccc([N+](=O)[O-])o2)ccc1Cl. The normalized spacial score (nSPS) is 10.2. The maximum absolute atomic E-state index is 11.7. The Kier molecular flexibility index (Phi) is 3.52. The van der Waals surface area contributed by atoms with Gasteiger partial charge in [-0.3, -0.25) is 10.1 Å². The lowest BCUT2D eigenvalue weighted by Crippen LogP contribution is -2.07. The van der Waals surface area contributed by atoms with Gasteiger partial charge in [0, 0.05) is 5.02 Å². The smallest absolute Gasteiger partial charge is 0.421 e. The highest BCUT2D eigenvalue weighted by molar-refractivity contribution is 6.31. The number of rotatable bonds is 3. The summed E-state index contributed by atoms with van der Waals surface area (Å²) >= 11 is 5.84. The fourth-order valence-electron chi connectivity index (χ4n) is 1.37. The molecule has 0 saturated carbocycles. The Morgan fingerprint density at radius 3 is 2.68 bits per heavy atom. The van der Waals surface area contributed by atoms with Crippen LogP contribution in [-0.4, -0.2) is 10.9 Å². The molecule has 0 saturated heterocycles. The zero-order chi connectivity index (χ0) is 14.0. The van der Waals surface area contributed by atoms with Crippen molar-refractivity contribution in [2.75, 3.05) is 0 Å². The third-order valence-corrected chi connectivity index (χ3v) is 2.74. The van der Waals surface area contributed by atoms with Crippen molar-refractivity contribution >= 4 is 23.5 Å². The number of carbonyl (C=O) groups is 1. The Morgan fingerprint density at radius 1 is 1.37 bits per heavy atom. The average molecular weight is 282 g/mol. The van der Waals surface area contributed by atoms with Crippen molar-refractivity contribution in [3.8, 4) is 5.75 Å². The van der Waals surface area contributed by atoms with E-state index in [9.17, 15) is 14.9 Å². The van der Waals surface area contributed by atoms with Crippen LogP contribution in [0.5, 0.6) is 5.75 Å². The van der Waals surface area contributed by atoms with E-state index in [0.29, 0.717) is 5.02 Å². The Balaban J connectivity index is 2.15. The van der Waals surface area contributed by atoms with E-state index in [1.807, 2.05) is 0 Å². The first-order chi connectivity index (χ1) is 8.97. The van der Waals surface area contributed by atoms with Gasteiger partial charge in [0.1, 0.15) is 10.7 Å². The summed E-state index contributed by atoms with van der Waals surface area (Å²) in [5, 5.41) is 11.0. The molecule has 6 nitrogen and oxygen atoms in total. The number of aryl methyl sites for hydroxylation is 1. The van der Waals surface area contributed by atoms with Crippen LogP contribution in [0.3, 0.4) is 0 Å². The van der Waals surface area contributed by atoms with E-state index < -0.39 is 16.8 Å². The topological polar surface area (TPSA) is 82.6 Å². The van der Waals surface area contributed by atoms with Gasteiger partial charge in [-0.15, -0.1) is 0 Å². The Hall–Kier alpha value is -2.34. The lowest BCUT2D eigenvalue weighted by molar-refractivity contribution is -0.402. The van der Waals surface area contributed by atoms with Crippen LogP contribution in [-0.2, 0) is 0 Å². The van der Waals surface area contributed by atoms with Gasteiger partial charge < -0.3 is 9.15 Å². The van der Waals surface area contributed by atoms with Gasteiger partial charge >= 0.3 is 11.9 Å². The Labute approximate surface area is 112 Å². The molecule has 0 amide bonds. The monoisotopic (exact) mass is 281 g/mol. The van der Waals surface area contributed by atoms with Crippen molar-refractivity contribution < 1.29 is 18.9 Å². The highest BCUT2D eigenvalue weighted by atomic mass is 35.5. The number of ether oxygens (including phenoxy) is 1. The van der Waals surface area contributed by atoms with Gasteiger partial charge in [0.15, 0.2) is 0 Å². The number of benzene rings is 1. The first-order valence-corrected chi connectivity index (χ1v) is 5.58. The standard InChI is InChI=1S/C12H8ClNO5/c1-7-6-8(2-3-9(7)13)18-12(15)10-4-5-11(19-10)14(16)17/h2-6H,1H3. The quantitative estimate of drug-likeness (QED) is 0.373. The number of nitro groups is 1. The largest absolute Gasteiger partial charge is 0.433 e. The van der Waals surface area contributed by atoms with Gasteiger partial charge in [-0.25, -0.2) is 4.79 Å². The van der Waals surface area contributed by atoms with Gasteiger partial charge in [0.25, 0.3) is 0 Å². The van der Waals surface area contributed by atoms with Crippen molar-refractivity contribution in [3.05, 3.63) is 56.8 Å². The number of carbonyl (C=O) groups excluding carboxylic acids is 1. The number of esters is 1. The second-order valence-corrected chi connectivity index (χ2v) is 4.10. The summed E-state index contributed by atoms with van der Waals surface area (Å²) in [6.45, 7) is 1.76. The predicted molar refractivity (Wildman–Crippen MR) is 66.5 cm³/mol. The van der Waals surface area contributed by atoms with Crippen LogP contribution < -0.4 is 4.74 Å². The van der Waals surface area contributed by atoms with Gasteiger partial charge in [0.2, 0.25) is 5.76 Å². The van der Waals surface area contributed by atoms with E-state index in [-0.39, 0.29) is 11.5 Å². The fraction of sp³-hybridized carbons (Fsp3) is 0.0833. The van der Waals surface area contributed by atoms with Gasteiger partial charge in [-0.2, -0.15) is 0 Å². The summed E-state index contributed by atoms with van der Waals surface area (Å²) in [6, 6.07) is 6.96. The van der Waals surface area contributed by atoms with Crippen molar-refractivity contribution in [2.24, 2.45) is 0 Å². The highest BCUT2D eigenvalue weighted by Gasteiger charge is 2.19. The van der Waals surface area contributed by atoms with Crippen LogP contribution in [0.1, 0.15) is 16.1 Å². The van der Waals surface area contributed by atoms with Gasteiger partial charge in [0.05, 0.1) is 6.07 Å². The molecule has 1 aromatic carbocycles. The number of halogens is 1. The molecule has 19 heavy (non-hydrogen) atoms. The van der Waals surface area contributed by atoms with Crippen molar-refractivity contribution in [1.29, 1.82) is 0 Å². The molecule has 0 spiro atoms. The molecule has 7 heteroatoms. The first-order valence-electron chi connectivity index (χ1n) is 5.20. The van der Waals surface area contributed by atoms with Crippen LogP contribution >= 0.6 is 11.6 Å². The van der Waals surface area contributed by atoms with E-state index in [1.54, 1.807) is 19.1 Å². The van der Waals surface area contributed by atoms with E-state index in [0.717, 1.165) is 11.6 Å². The van der Waals surface area contributed by atoms with E-state index >= 15 is 0 Å². The molecule has 0 aliphatic heterocycles. The maximum atomic E-state index is 11.7. The second kappa shape index (κ2) is 5.11. The number of nitrogens with zero attached hydrogens (tertiary/aromatic N) is 1. The molecule has 0 atom stereocenters. The minimum absolute atomic E-state index is 0.237. The van der Waals surface area contributed by atoms with Crippen LogP contribution in [0.15, 0.2) is 34.7 Å². The summed E-state index contributed by atoms with van der Waals surface area (Å²) in [4.78, 5) is 21.4. The summed E-state index contributed by atoms with van der Waals surface area (Å²) < 4.78 is 9.75. The van der Waals surface area contributed by atoms with Crippen molar-refractivity contribution in [1.82, 2.24) is 0 Å². The van der Waals surface area contributed by atoms with E-state index in [1.165, 1.54) is 12.1 Å². The lowest BCUT2D eigenvalue weighted by Gasteiger charge is -2.04. The molecular formula is C12H8ClNO5. The number of hydrogen-bond donors (Lipinski definition) is 0. The van der Waals surface area contributed by atoms with Gasteiger partial charge in [-0.1, -0.05) is 11.6 Å². The Bertz CT molecular complexity index is 649. The third-order valence-electron chi connectivity index (χ3n) is 2.31. The Morgan fingerprint density at radius 2 is 2.11 bits per heavy atom. The summed E-state index contributed by atoms with van der Waals surface area (Å²) in [7, 11) is 0. The van der Waals surface area contributed by atoms with E-state index in [4.69, 9.17) is 20.8 Å². The molecule has 2 aromatic rings. The predicted octanol–water partition coefficient (Wildman–Crippen LogP) is 3.37. The minimum atomic E-state index is -0.810. The van der Waals surface area contributed by atoms with Crippen LogP contribution in [0, 0.1) is 17.0 Å². The molecular weight excluding hydrogens is 274 g/mol. The van der Waals surface area contributed by atoms with E-state index in [2.05, 4.69) is 0 Å². The van der Waals surface area contributed by atoms with Crippen LogP contribution in [0.2, 0.25) is 5.02 Å². The number of hydrogen-bond acceptors (Lipinski definition) is 5.